The number of pyridine rings is 2. The van der Waals surface area contributed by atoms with Crippen LogP contribution in [0.1, 0.15) is 39.3 Å². The number of amides is 1. The van der Waals surface area contributed by atoms with E-state index in [2.05, 4.69) is 24.8 Å². The van der Waals surface area contributed by atoms with E-state index in [9.17, 15) is 4.79 Å². The lowest BCUT2D eigenvalue weighted by Crippen LogP contribution is -2.56. The van der Waals surface area contributed by atoms with Crippen LogP contribution in [0.25, 0.3) is 22.6 Å². The molecule has 5 heterocycles. The Morgan fingerprint density at radius 3 is 2.52 bits per heavy atom. The lowest BCUT2D eigenvalue weighted by Gasteiger charge is -2.42. The number of carbonyl (C=O) groups excluding carboxylic acids is 1. The number of nitrogens with zero attached hydrogens (tertiary/aromatic N) is 5. The molecule has 8 nitrogen and oxygen atoms in total. The summed E-state index contributed by atoms with van der Waals surface area (Å²) < 4.78 is 5.67. The van der Waals surface area contributed by atoms with Gasteiger partial charge in [0, 0.05) is 36.7 Å². The van der Waals surface area contributed by atoms with Crippen molar-refractivity contribution in [2.75, 3.05) is 18.0 Å². The van der Waals surface area contributed by atoms with E-state index < -0.39 is 5.60 Å². The van der Waals surface area contributed by atoms with Crippen LogP contribution < -0.4 is 4.90 Å². The highest BCUT2D eigenvalue weighted by Gasteiger charge is 2.44. The number of hydrogen-bond acceptors (Lipinski definition) is 6. The third-order valence-corrected chi connectivity index (χ3v) is 5.98. The molecule has 3 aromatic rings. The van der Waals surface area contributed by atoms with Gasteiger partial charge in [-0.3, -0.25) is 9.88 Å². The number of ether oxygens (including phenoxy) is 1. The number of aryl methyl sites for hydroxylation is 1. The van der Waals surface area contributed by atoms with Crippen LogP contribution in [0.4, 0.5) is 10.5 Å². The van der Waals surface area contributed by atoms with Gasteiger partial charge in [-0.1, -0.05) is 0 Å². The number of anilines is 1. The number of imidazole rings is 1. The van der Waals surface area contributed by atoms with Crippen LogP contribution in [0.3, 0.4) is 0 Å². The van der Waals surface area contributed by atoms with Crippen LogP contribution in [-0.4, -0.2) is 61.7 Å². The van der Waals surface area contributed by atoms with Gasteiger partial charge >= 0.3 is 6.09 Å². The average Bonchev–Trinajstić information content (AvgIpc) is 3.25. The first-order valence-corrected chi connectivity index (χ1v) is 10.8. The molecule has 0 radical (unpaired) electrons. The van der Waals surface area contributed by atoms with Crippen molar-refractivity contribution < 1.29 is 9.53 Å². The maximum absolute atomic E-state index is 12.8. The van der Waals surface area contributed by atoms with Crippen LogP contribution in [0, 0.1) is 6.92 Å². The quantitative estimate of drug-likeness (QED) is 0.676. The zero-order valence-electron chi connectivity index (χ0n) is 18.4. The number of nitrogens with one attached hydrogen (secondary N) is 1. The zero-order chi connectivity index (χ0) is 21.8. The average molecular weight is 421 g/mol. The predicted octanol–water partition coefficient (Wildman–Crippen LogP) is 3.92. The monoisotopic (exact) mass is 420 g/mol. The fourth-order valence-electron chi connectivity index (χ4n) is 4.62. The van der Waals surface area contributed by atoms with E-state index in [1.165, 1.54) is 0 Å². The highest BCUT2D eigenvalue weighted by molar-refractivity contribution is 5.88. The van der Waals surface area contributed by atoms with Crippen LogP contribution in [-0.2, 0) is 4.74 Å². The van der Waals surface area contributed by atoms with Crippen molar-refractivity contribution in [2.24, 2.45) is 0 Å². The molecule has 2 aliphatic heterocycles. The first-order chi connectivity index (χ1) is 14.8. The number of carbonyl (C=O) groups is 1. The van der Waals surface area contributed by atoms with Crippen molar-refractivity contribution in [1.29, 1.82) is 0 Å². The number of hydrogen-bond donors (Lipinski definition) is 1. The van der Waals surface area contributed by atoms with E-state index in [0.717, 1.165) is 54.2 Å². The summed E-state index contributed by atoms with van der Waals surface area (Å²) in [6.45, 7) is 9.25. The van der Waals surface area contributed by atoms with Gasteiger partial charge in [0.2, 0.25) is 0 Å². The molecule has 31 heavy (non-hydrogen) atoms. The SMILES string of the molecule is Cc1ccc(-c2nc3nccc(N4CC5CCC(C4)N5C(=O)OC(C)(C)C)c3[nH]2)cn1. The van der Waals surface area contributed by atoms with Gasteiger partial charge in [0.15, 0.2) is 5.65 Å². The summed E-state index contributed by atoms with van der Waals surface area (Å²) in [5.74, 6) is 0.762. The molecule has 2 unspecified atom stereocenters. The Morgan fingerprint density at radius 2 is 1.87 bits per heavy atom. The molecule has 162 valence electrons. The molecule has 0 spiro atoms. The summed E-state index contributed by atoms with van der Waals surface area (Å²) in [4.78, 5) is 34.1. The van der Waals surface area contributed by atoms with Gasteiger partial charge in [0.25, 0.3) is 0 Å². The fraction of sp³-hybridized carbons (Fsp3) is 0.478. The van der Waals surface area contributed by atoms with Crippen molar-refractivity contribution in [3.8, 4) is 11.4 Å². The Morgan fingerprint density at radius 1 is 1.13 bits per heavy atom. The first kappa shape index (κ1) is 19.8. The van der Waals surface area contributed by atoms with E-state index >= 15 is 0 Å². The van der Waals surface area contributed by atoms with Crippen molar-refractivity contribution in [3.05, 3.63) is 36.3 Å². The summed E-state index contributed by atoms with van der Waals surface area (Å²) in [5, 5.41) is 0. The molecule has 8 heteroatoms. The molecular weight excluding hydrogens is 392 g/mol. The lowest BCUT2D eigenvalue weighted by molar-refractivity contribution is 0.0123. The van der Waals surface area contributed by atoms with Gasteiger partial charge in [0.1, 0.15) is 16.9 Å². The minimum absolute atomic E-state index is 0.153. The second kappa shape index (κ2) is 7.21. The highest BCUT2D eigenvalue weighted by Crippen LogP contribution is 2.36. The number of fused-ring (bicyclic) bond motifs is 3. The number of H-pyrrole nitrogens is 1. The fourth-order valence-corrected chi connectivity index (χ4v) is 4.62. The lowest BCUT2D eigenvalue weighted by atomic mass is 10.1. The minimum atomic E-state index is -0.484. The predicted molar refractivity (Wildman–Crippen MR) is 119 cm³/mol. The second-order valence-corrected chi connectivity index (χ2v) is 9.48. The van der Waals surface area contributed by atoms with E-state index in [4.69, 9.17) is 4.74 Å². The van der Waals surface area contributed by atoms with Crippen molar-refractivity contribution in [2.45, 2.75) is 58.2 Å². The van der Waals surface area contributed by atoms with Crippen molar-refractivity contribution in [3.63, 3.8) is 0 Å². The van der Waals surface area contributed by atoms with Crippen molar-refractivity contribution >= 4 is 22.9 Å². The Balaban J connectivity index is 1.42. The van der Waals surface area contributed by atoms with Gasteiger partial charge < -0.3 is 14.6 Å². The van der Waals surface area contributed by atoms with E-state index in [0.29, 0.717) is 5.65 Å². The van der Waals surface area contributed by atoms with Crippen LogP contribution >= 0.6 is 0 Å². The number of aromatic nitrogens is 4. The largest absolute Gasteiger partial charge is 0.444 e. The normalized spacial score (nSPS) is 21.0. The molecule has 2 atom stereocenters. The number of piperazine rings is 1. The Hall–Kier alpha value is -3.16. The molecule has 1 N–H and O–H groups in total. The molecule has 2 saturated heterocycles. The molecule has 5 rings (SSSR count). The summed E-state index contributed by atoms with van der Waals surface area (Å²) in [7, 11) is 0. The molecule has 0 aliphatic carbocycles. The van der Waals surface area contributed by atoms with E-state index in [1.807, 2.05) is 57.0 Å². The van der Waals surface area contributed by atoms with Gasteiger partial charge in [-0.15, -0.1) is 0 Å². The van der Waals surface area contributed by atoms with Gasteiger partial charge in [-0.05, 0) is 58.7 Å². The molecule has 3 aromatic heterocycles. The van der Waals surface area contributed by atoms with Crippen LogP contribution in [0.5, 0.6) is 0 Å². The summed E-state index contributed by atoms with van der Waals surface area (Å²) in [5.41, 5.74) is 4.10. The molecule has 0 saturated carbocycles. The van der Waals surface area contributed by atoms with Gasteiger partial charge in [-0.25, -0.2) is 14.8 Å². The Kier molecular flexibility index (Phi) is 4.60. The maximum atomic E-state index is 12.8. The molecular formula is C23H28N6O2. The topological polar surface area (TPSA) is 87.2 Å². The smallest absolute Gasteiger partial charge is 0.410 e. The number of rotatable bonds is 2. The van der Waals surface area contributed by atoms with Crippen molar-refractivity contribution in [1.82, 2.24) is 24.8 Å². The maximum Gasteiger partial charge on any atom is 0.410 e. The summed E-state index contributed by atoms with van der Waals surface area (Å²) >= 11 is 0. The Bertz CT molecular complexity index is 1100. The molecule has 2 fully saturated rings. The first-order valence-electron chi connectivity index (χ1n) is 10.8. The highest BCUT2D eigenvalue weighted by atomic mass is 16.6. The van der Waals surface area contributed by atoms with Crippen LogP contribution in [0.2, 0.25) is 0 Å². The van der Waals surface area contributed by atoms with Gasteiger partial charge in [0.05, 0.1) is 17.8 Å². The molecule has 0 aromatic carbocycles. The zero-order valence-corrected chi connectivity index (χ0v) is 18.4. The Labute approximate surface area is 181 Å². The van der Waals surface area contributed by atoms with Gasteiger partial charge in [-0.2, -0.15) is 0 Å². The second-order valence-electron chi connectivity index (χ2n) is 9.48. The third-order valence-electron chi connectivity index (χ3n) is 5.98. The summed E-state index contributed by atoms with van der Waals surface area (Å²) in [6, 6.07) is 6.32. The standard InChI is InChI=1S/C23H28N6O2/c1-14-5-6-15(11-25-14)20-26-19-18(9-10-24-21(19)27-20)28-12-16-7-8-17(13-28)29(16)22(30)31-23(2,3)4/h5-6,9-11,16-17H,7-8,12-13H2,1-4H3,(H,24,26,27). The van der Waals surface area contributed by atoms with E-state index in [-0.39, 0.29) is 18.2 Å². The van der Waals surface area contributed by atoms with Crippen LogP contribution in [0.15, 0.2) is 30.6 Å². The molecule has 2 bridgehead atoms. The molecule has 2 aliphatic rings. The molecule has 1 amide bonds. The summed E-state index contributed by atoms with van der Waals surface area (Å²) in [6.07, 6.45) is 5.43. The third kappa shape index (κ3) is 3.71. The number of aromatic amines is 1. The van der Waals surface area contributed by atoms with E-state index in [1.54, 1.807) is 6.20 Å². The minimum Gasteiger partial charge on any atom is -0.444 e.